The van der Waals surface area contributed by atoms with Crippen molar-refractivity contribution < 1.29 is 14.7 Å². The number of amides is 1. The number of nitrogens with zero attached hydrogens (tertiary/aromatic N) is 1. The zero-order valence-electron chi connectivity index (χ0n) is 11.2. The SMILES string of the molecule is NC(=NO)c1cccc(OC(=O)NC2CCCCC2)c1. The number of carbonyl (C=O) groups excluding carboxylic acids is 1. The normalized spacial score (nSPS) is 16.7. The lowest BCUT2D eigenvalue weighted by molar-refractivity contribution is 0.192. The molecule has 2 rings (SSSR count). The Morgan fingerprint density at radius 1 is 1.35 bits per heavy atom. The topological polar surface area (TPSA) is 96.9 Å². The number of amidine groups is 1. The molecular weight excluding hydrogens is 258 g/mol. The van der Waals surface area contributed by atoms with Crippen molar-refractivity contribution in [3.05, 3.63) is 29.8 Å². The first-order chi connectivity index (χ1) is 9.69. The lowest BCUT2D eigenvalue weighted by Crippen LogP contribution is -2.38. The summed E-state index contributed by atoms with van der Waals surface area (Å²) in [6.07, 6.45) is 5.05. The Labute approximate surface area is 117 Å². The molecule has 6 heteroatoms. The number of nitrogens with one attached hydrogen (secondary N) is 1. The molecule has 0 bridgehead atoms. The van der Waals surface area contributed by atoms with Crippen LogP contribution < -0.4 is 15.8 Å². The fourth-order valence-corrected chi connectivity index (χ4v) is 2.33. The van der Waals surface area contributed by atoms with Gasteiger partial charge in [-0.1, -0.05) is 36.6 Å². The summed E-state index contributed by atoms with van der Waals surface area (Å²) in [6, 6.07) is 6.74. The third-order valence-electron chi connectivity index (χ3n) is 3.38. The highest BCUT2D eigenvalue weighted by atomic mass is 16.6. The second kappa shape index (κ2) is 6.79. The van der Waals surface area contributed by atoms with E-state index in [0.29, 0.717) is 11.3 Å². The van der Waals surface area contributed by atoms with Crippen LogP contribution in [0.25, 0.3) is 0 Å². The molecule has 0 radical (unpaired) electrons. The maximum Gasteiger partial charge on any atom is 0.412 e. The van der Waals surface area contributed by atoms with Gasteiger partial charge in [-0.05, 0) is 25.0 Å². The highest BCUT2D eigenvalue weighted by Gasteiger charge is 2.16. The Morgan fingerprint density at radius 2 is 2.10 bits per heavy atom. The summed E-state index contributed by atoms with van der Waals surface area (Å²) in [5.74, 6) is 0.338. The summed E-state index contributed by atoms with van der Waals surface area (Å²) in [7, 11) is 0. The number of oxime groups is 1. The van der Waals surface area contributed by atoms with E-state index >= 15 is 0 Å². The Bertz CT molecular complexity index is 496. The molecule has 1 aromatic rings. The van der Waals surface area contributed by atoms with E-state index in [2.05, 4.69) is 10.5 Å². The molecule has 108 valence electrons. The van der Waals surface area contributed by atoms with Crippen LogP contribution in [-0.2, 0) is 0 Å². The van der Waals surface area contributed by atoms with Gasteiger partial charge < -0.3 is 21.0 Å². The number of hydrogen-bond acceptors (Lipinski definition) is 4. The predicted molar refractivity (Wildman–Crippen MR) is 75.0 cm³/mol. The van der Waals surface area contributed by atoms with Crippen molar-refractivity contribution in [2.45, 2.75) is 38.1 Å². The molecule has 0 spiro atoms. The van der Waals surface area contributed by atoms with E-state index in [1.807, 2.05) is 0 Å². The van der Waals surface area contributed by atoms with E-state index in [-0.39, 0.29) is 11.9 Å². The Balaban J connectivity index is 1.93. The monoisotopic (exact) mass is 277 g/mol. The minimum absolute atomic E-state index is 0.0249. The summed E-state index contributed by atoms with van der Waals surface area (Å²) < 4.78 is 5.21. The predicted octanol–water partition coefficient (Wildman–Crippen LogP) is 2.20. The average Bonchev–Trinajstić information content (AvgIpc) is 2.47. The molecule has 0 aromatic heterocycles. The van der Waals surface area contributed by atoms with Crippen LogP contribution in [0.2, 0.25) is 0 Å². The first-order valence-corrected chi connectivity index (χ1v) is 6.75. The van der Waals surface area contributed by atoms with Gasteiger partial charge in [0, 0.05) is 11.6 Å². The van der Waals surface area contributed by atoms with Crippen LogP contribution in [0.4, 0.5) is 4.79 Å². The van der Waals surface area contributed by atoms with Gasteiger partial charge in [0.15, 0.2) is 5.84 Å². The molecule has 0 unspecified atom stereocenters. The van der Waals surface area contributed by atoms with Crippen molar-refractivity contribution in [3.63, 3.8) is 0 Å². The maximum absolute atomic E-state index is 11.8. The Morgan fingerprint density at radius 3 is 2.80 bits per heavy atom. The number of rotatable bonds is 3. The van der Waals surface area contributed by atoms with E-state index in [9.17, 15) is 4.79 Å². The summed E-state index contributed by atoms with van der Waals surface area (Å²) in [4.78, 5) is 11.8. The lowest BCUT2D eigenvalue weighted by Gasteiger charge is -2.22. The van der Waals surface area contributed by atoms with E-state index in [4.69, 9.17) is 15.7 Å². The smallest absolute Gasteiger partial charge is 0.410 e. The second-order valence-corrected chi connectivity index (χ2v) is 4.88. The van der Waals surface area contributed by atoms with Gasteiger partial charge in [-0.25, -0.2) is 4.79 Å². The molecule has 1 amide bonds. The molecule has 4 N–H and O–H groups in total. The van der Waals surface area contributed by atoms with Crippen molar-refractivity contribution in [2.75, 3.05) is 0 Å². The van der Waals surface area contributed by atoms with Crippen LogP contribution >= 0.6 is 0 Å². The van der Waals surface area contributed by atoms with Gasteiger partial charge in [0.25, 0.3) is 0 Å². The summed E-state index contributed by atoms with van der Waals surface area (Å²) in [5.41, 5.74) is 5.98. The molecule has 6 nitrogen and oxygen atoms in total. The van der Waals surface area contributed by atoms with E-state index in [1.165, 1.54) is 6.42 Å². The molecule has 0 saturated heterocycles. The molecule has 1 aliphatic rings. The molecule has 1 aromatic carbocycles. The fraction of sp³-hybridized carbons (Fsp3) is 0.429. The molecular formula is C14H19N3O3. The molecule has 20 heavy (non-hydrogen) atoms. The van der Waals surface area contributed by atoms with Crippen LogP contribution in [0.1, 0.15) is 37.7 Å². The van der Waals surface area contributed by atoms with Crippen molar-refractivity contribution in [1.82, 2.24) is 5.32 Å². The molecule has 0 heterocycles. The van der Waals surface area contributed by atoms with Gasteiger partial charge in [-0.2, -0.15) is 0 Å². The Kier molecular flexibility index (Phi) is 4.81. The van der Waals surface area contributed by atoms with Crippen LogP contribution in [-0.4, -0.2) is 23.2 Å². The van der Waals surface area contributed by atoms with Crippen LogP contribution in [0, 0.1) is 0 Å². The van der Waals surface area contributed by atoms with Gasteiger partial charge >= 0.3 is 6.09 Å². The minimum atomic E-state index is -0.464. The largest absolute Gasteiger partial charge is 0.412 e. The Hall–Kier alpha value is -2.24. The zero-order chi connectivity index (χ0) is 14.4. The van der Waals surface area contributed by atoms with Crippen molar-refractivity contribution in [2.24, 2.45) is 10.9 Å². The summed E-state index contributed by atoms with van der Waals surface area (Å²) >= 11 is 0. The maximum atomic E-state index is 11.8. The first kappa shape index (κ1) is 14.2. The van der Waals surface area contributed by atoms with E-state index < -0.39 is 6.09 Å². The second-order valence-electron chi connectivity index (χ2n) is 4.88. The molecule has 0 aliphatic heterocycles. The lowest BCUT2D eigenvalue weighted by atomic mass is 9.96. The number of carbonyl (C=O) groups is 1. The van der Waals surface area contributed by atoms with Crippen LogP contribution in [0.3, 0.4) is 0 Å². The number of hydrogen-bond donors (Lipinski definition) is 3. The van der Waals surface area contributed by atoms with Crippen molar-refractivity contribution >= 4 is 11.9 Å². The third kappa shape index (κ3) is 3.88. The van der Waals surface area contributed by atoms with E-state index in [1.54, 1.807) is 24.3 Å². The fourth-order valence-electron chi connectivity index (χ4n) is 2.33. The van der Waals surface area contributed by atoms with Gasteiger partial charge in [0.2, 0.25) is 0 Å². The third-order valence-corrected chi connectivity index (χ3v) is 3.38. The van der Waals surface area contributed by atoms with Gasteiger partial charge in [-0.15, -0.1) is 0 Å². The number of benzene rings is 1. The average molecular weight is 277 g/mol. The zero-order valence-corrected chi connectivity index (χ0v) is 11.2. The number of ether oxygens (including phenoxy) is 1. The quantitative estimate of drug-likeness (QED) is 0.341. The highest BCUT2D eigenvalue weighted by Crippen LogP contribution is 2.18. The molecule has 1 saturated carbocycles. The van der Waals surface area contributed by atoms with Crippen molar-refractivity contribution in [3.8, 4) is 5.75 Å². The van der Waals surface area contributed by atoms with Crippen LogP contribution in [0.15, 0.2) is 29.4 Å². The van der Waals surface area contributed by atoms with Gasteiger partial charge in [0.05, 0.1) is 0 Å². The molecule has 1 fully saturated rings. The first-order valence-electron chi connectivity index (χ1n) is 6.75. The number of nitrogens with two attached hydrogens (primary N) is 1. The van der Waals surface area contributed by atoms with Crippen LogP contribution in [0.5, 0.6) is 5.75 Å². The summed E-state index contributed by atoms with van der Waals surface area (Å²) in [5, 5.41) is 14.4. The van der Waals surface area contributed by atoms with Crippen molar-refractivity contribution in [1.29, 1.82) is 0 Å². The minimum Gasteiger partial charge on any atom is -0.410 e. The van der Waals surface area contributed by atoms with E-state index in [0.717, 1.165) is 25.7 Å². The summed E-state index contributed by atoms with van der Waals surface area (Å²) in [6.45, 7) is 0. The molecule has 0 atom stereocenters. The highest BCUT2D eigenvalue weighted by molar-refractivity contribution is 5.97. The standard InChI is InChI=1S/C14H19N3O3/c15-13(17-19)10-5-4-8-12(9-10)20-14(18)16-11-6-2-1-3-7-11/h4-5,8-9,11,19H,1-3,6-7H2,(H2,15,17)(H,16,18). The van der Waals surface area contributed by atoms with Gasteiger partial charge in [0.1, 0.15) is 5.75 Å². The molecule has 1 aliphatic carbocycles. The van der Waals surface area contributed by atoms with Gasteiger partial charge in [-0.3, -0.25) is 0 Å².